The first-order chi connectivity index (χ1) is 16.8. The SMILES string of the molecule is CCOC(=O)c1ccc2c(c1)nc(SC(C)C(=O)N(C)CC(=O)Nc1ccccc1CC)n2CC. The maximum absolute atomic E-state index is 13.0. The van der Waals surface area contributed by atoms with Crippen LogP contribution < -0.4 is 5.32 Å². The molecule has 0 saturated heterocycles. The minimum Gasteiger partial charge on any atom is -0.462 e. The van der Waals surface area contributed by atoms with Gasteiger partial charge in [-0.05, 0) is 57.0 Å². The Morgan fingerprint density at radius 3 is 2.57 bits per heavy atom. The van der Waals surface area contributed by atoms with Gasteiger partial charge < -0.3 is 19.5 Å². The maximum Gasteiger partial charge on any atom is 0.338 e. The first-order valence-corrected chi connectivity index (χ1v) is 12.6. The van der Waals surface area contributed by atoms with Crippen LogP contribution in [0.5, 0.6) is 0 Å². The van der Waals surface area contributed by atoms with Crippen molar-refractivity contribution in [1.82, 2.24) is 14.5 Å². The monoisotopic (exact) mass is 496 g/mol. The van der Waals surface area contributed by atoms with Gasteiger partial charge in [0.2, 0.25) is 11.8 Å². The summed E-state index contributed by atoms with van der Waals surface area (Å²) in [6, 6.07) is 12.9. The third-order valence-corrected chi connectivity index (χ3v) is 6.68. The van der Waals surface area contributed by atoms with Crippen molar-refractivity contribution in [2.45, 2.75) is 51.1 Å². The van der Waals surface area contributed by atoms with Crippen LogP contribution in [0.15, 0.2) is 47.6 Å². The normalized spacial score (nSPS) is 11.8. The van der Waals surface area contributed by atoms with Gasteiger partial charge in [0, 0.05) is 19.3 Å². The number of nitrogens with zero attached hydrogens (tertiary/aromatic N) is 3. The molecule has 2 amide bonds. The van der Waals surface area contributed by atoms with E-state index in [-0.39, 0.29) is 24.3 Å². The lowest BCUT2D eigenvalue weighted by Gasteiger charge is -2.21. The van der Waals surface area contributed by atoms with Gasteiger partial charge in [-0.3, -0.25) is 9.59 Å². The van der Waals surface area contributed by atoms with Gasteiger partial charge in [-0.25, -0.2) is 9.78 Å². The van der Waals surface area contributed by atoms with E-state index in [0.29, 0.717) is 29.4 Å². The number of ether oxygens (including phenoxy) is 1. The molecule has 0 bridgehead atoms. The van der Waals surface area contributed by atoms with Crippen molar-refractivity contribution < 1.29 is 19.1 Å². The number of nitrogens with one attached hydrogen (secondary N) is 1. The quantitative estimate of drug-likeness (QED) is 0.331. The second-order valence-electron chi connectivity index (χ2n) is 8.08. The number of carbonyl (C=O) groups excluding carboxylic acids is 3. The molecule has 0 fully saturated rings. The molecule has 0 aliphatic carbocycles. The Morgan fingerprint density at radius 1 is 1.14 bits per heavy atom. The molecule has 35 heavy (non-hydrogen) atoms. The molecule has 0 radical (unpaired) electrons. The van der Waals surface area contributed by atoms with Gasteiger partial charge in [-0.2, -0.15) is 0 Å². The molecule has 1 N–H and O–H groups in total. The number of aromatic nitrogens is 2. The molecule has 186 valence electrons. The molecule has 1 heterocycles. The molecular formula is C26H32N4O4S. The number of esters is 1. The molecule has 0 saturated carbocycles. The van der Waals surface area contributed by atoms with Crippen molar-refractivity contribution in [1.29, 1.82) is 0 Å². The van der Waals surface area contributed by atoms with Crippen LogP contribution in [0.2, 0.25) is 0 Å². The van der Waals surface area contributed by atoms with Crippen LogP contribution in [0.25, 0.3) is 11.0 Å². The van der Waals surface area contributed by atoms with Crippen LogP contribution in [0, 0.1) is 0 Å². The number of hydrogen-bond donors (Lipinski definition) is 1. The zero-order valence-electron chi connectivity index (χ0n) is 20.8. The summed E-state index contributed by atoms with van der Waals surface area (Å²) in [6.07, 6.45) is 0.804. The Bertz CT molecular complexity index is 1220. The van der Waals surface area contributed by atoms with Crippen molar-refractivity contribution in [3.8, 4) is 0 Å². The van der Waals surface area contributed by atoms with E-state index in [1.54, 1.807) is 33.0 Å². The van der Waals surface area contributed by atoms with Gasteiger partial charge >= 0.3 is 5.97 Å². The molecular weight excluding hydrogens is 464 g/mol. The highest BCUT2D eigenvalue weighted by molar-refractivity contribution is 8.00. The molecule has 9 heteroatoms. The van der Waals surface area contributed by atoms with Crippen molar-refractivity contribution in [3.05, 3.63) is 53.6 Å². The predicted molar refractivity (Wildman–Crippen MR) is 139 cm³/mol. The highest BCUT2D eigenvalue weighted by atomic mass is 32.2. The van der Waals surface area contributed by atoms with E-state index in [9.17, 15) is 14.4 Å². The fourth-order valence-electron chi connectivity index (χ4n) is 3.80. The second-order valence-corrected chi connectivity index (χ2v) is 9.38. The summed E-state index contributed by atoms with van der Waals surface area (Å²) in [4.78, 5) is 43.8. The lowest BCUT2D eigenvalue weighted by Crippen LogP contribution is -2.39. The topological polar surface area (TPSA) is 93.5 Å². The fourth-order valence-corrected chi connectivity index (χ4v) is 4.90. The number of hydrogen-bond acceptors (Lipinski definition) is 6. The number of thioether (sulfide) groups is 1. The Labute approximate surface area is 210 Å². The Balaban J connectivity index is 1.69. The smallest absolute Gasteiger partial charge is 0.338 e. The molecule has 0 aliphatic heterocycles. The van der Waals surface area contributed by atoms with E-state index in [1.807, 2.05) is 48.7 Å². The zero-order valence-corrected chi connectivity index (χ0v) is 21.6. The number of aryl methyl sites for hydroxylation is 2. The van der Waals surface area contributed by atoms with Gasteiger partial charge in [0.25, 0.3) is 0 Å². The van der Waals surface area contributed by atoms with Crippen LogP contribution in [0.3, 0.4) is 0 Å². The van der Waals surface area contributed by atoms with Gasteiger partial charge in [-0.1, -0.05) is 36.9 Å². The third-order valence-electron chi connectivity index (χ3n) is 5.60. The number of fused-ring (bicyclic) bond motifs is 1. The van der Waals surface area contributed by atoms with E-state index >= 15 is 0 Å². The van der Waals surface area contributed by atoms with Gasteiger partial charge in [0.1, 0.15) is 0 Å². The average molecular weight is 497 g/mol. The second kappa shape index (κ2) is 11.9. The maximum atomic E-state index is 13.0. The van der Waals surface area contributed by atoms with Crippen LogP contribution in [0.4, 0.5) is 5.69 Å². The molecule has 3 rings (SSSR count). The van der Waals surface area contributed by atoms with Crippen LogP contribution >= 0.6 is 11.8 Å². The first kappa shape index (κ1) is 26.3. The average Bonchev–Trinajstić information content (AvgIpc) is 3.19. The minimum atomic E-state index is -0.456. The van der Waals surface area contributed by atoms with E-state index in [1.165, 1.54) is 16.7 Å². The Kier molecular flexibility index (Phi) is 8.92. The summed E-state index contributed by atoms with van der Waals surface area (Å²) in [5, 5.41) is 3.12. The predicted octanol–water partition coefficient (Wildman–Crippen LogP) is 4.37. The number of benzene rings is 2. The number of para-hydroxylation sites is 1. The lowest BCUT2D eigenvalue weighted by molar-refractivity contribution is -0.132. The van der Waals surface area contributed by atoms with E-state index in [4.69, 9.17) is 4.74 Å². The number of anilines is 1. The van der Waals surface area contributed by atoms with Gasteiger partial charge in [0.15, 0.2) is 5.16 Å². The first-order valence-electron chi connectivity index (χ1n) is 11.8. The molecule has 1 atom stereocenters. The molecule has 0 spiro atoms. The van der Waals surface area contributed by atoms with E-state index in [2.05, 4.69) is 10.3 Å². The molecule has 3 aromatic rings. The highest BCUT2D eigenvalue weighted by Gasteiger charge is 2.24. The summed E-state index contributed by atoms with van der Waals surface area (Å²) < 4.78 is 7.09. The number of likely N-dealkylation sites (N-methyl/N-ethyl adjacent to an activating group) is 1. The number of carbonyl (C=O) groups is 3. The van der Waals surface area contributed by atoms with Crippen molar-refractivity contribution in [2.75, 3.05) is 25.5 Å². The molecule has 0 aliphatic rings. The minimum absolute atomic E-state index is 0.0468. The standard InChI is InChI=1S/C26H32N4O4S/c1-6-18-11-9-10-12-20(18)27-23(31)16-29(5)24(32)17(4)35-26-28-21-15-19(25(33)34-8-3)13-14-22(21)30(26)7-2/h9-15,17H,6-8,16H2,1-5H3,(H,27,31). The number of rotatable bonds is 10. The molecule has 1 aromatic heterocycles. The van der Waals surface area contributed by atoms with Crippen LogP contribution in [-0.4, -0.2) is 57.7 Å². The Morgan fingerprint density at radius 2 is 1.89 bits per heavy atom. The number of imidazole rings is 1. The highest BCUT2D eigenvalue weighted by Crippen LogP contribution is 2.29. The molecule has 1 unspecified atom stereocenters. The van der Waals surface area contributed by atoms with Crippen LogP contribution in [0.1, 0.15) is 43.6 Å². The zero-order chi connectivity index (χ0) is 25.5. The summed E-state index contributed by atoms with van der Waals surface area (Å²) in [5.74, 6) is -0.804. The molecule has 8 nitrogen and oxygen atoms in total. The van der Waals surface area contributed by atoms with Crippen molar-refractivity contribution in [3.63, 3.8) is 0 Å². The van der Waals surface area contributed by atoms with Gasteiger partial charge in [-0.15, -0.1) is 0 Å². The Hall–Kier alpha value is -3.33. The summed E-state index contributed by atoms with van der Waals surface area (Å²) in [7, 11) is 1.62. The van der Waals surface area contributed by atoms with Crippen molar-refractivity contribution >= 4 is 46.3 Å². The van der Waals surface area contributed by atoms with Crippen molar-refractivity contribution in [2.24, 2.45) is 0 Å². The fraction of sp³-hybridized carbons (Fsp3) is 0.385. The van der Waals surface area contributed by atoms with Crippen LogP contribution in [-0.2, 0) is 27.3 Å². The molecule has 2 aromatic carbocycles. The van der Waals surface area contributed by atoms with Gasteiger partial charge in [0.05, 0.1) is 35.0 Å². The largest absolute Gasteiger partial charge is 0.462 e. The van der Waals surface area contributed by atoms with E-state index in [0.717, 1.165) is 23.2 Å². The summed E-state index contributed by atoms with van der Waals surface area (Å²) in [5.41, 5.74) is 3.80. The number of amides is 2. The summed E-state index contributed by atoms with van der Waals surface area (Å²) >= 11 is 1.33. The lowest BCUT2D eigenvalue weighted by atomic mass is 10.1. The van der Waals surface area contributed by atoms with E-state index < -0.39 is 5.25 Å². The third kappa shape index (κ3) is 6.22. The summed E-state index contributed by atoms with van der Waals surface area (Å²) in [6.45, 7) is 8.51.